The maximum absolute atomic E-state index is 9.39. The van der Waals surface area contributed by atoms with E-state index >= 15 is 0 Å². The van der Waals surface area contributed by atoms with Gasteiger partial charge >= 0.3 is 0 Å². The summed E-state index contributed by atoms with van der Waals surface area (Å²) < 4.78 is 6.57. The molecule has 0 saturated carbocycles. The van der Waals surface area contributed by atoms with Crippen molar-refractivity contribution < 1.29 is 4.74 Å². The summed E-state index contributed by atoms with van der Waals surface area (Å²) in [5.41, 5.74) is 10.2. The average molecular weight is 566 g/mol. The van der Waals surface area contributed by atoms with Crippen LogP contribution in [0.15, 0.2) is 127 Å². The fourth-order valence-corrected chi connectivity index (χ4v) is 6.38. The van der Waals surface area contributed by atoms with Crippen LogP contribution in [0.25, 0.3) is 55.4 Å². The summed E-state index contributed by atoms with van der Waals surface area (Å²) in [6.07, 6.45) is 0. The molecule has 0 N–H and O–H groups in total. The van der Waals surface area contributed by atoms with Crippen LogP contribution in [0.1, 0.15) is 30.5 Å². The Bertz CT molecular complexity index is 2310. The summed E-state index contributed by atoms with van der Waals surface area (Å²) in [6.45, 7) is 4.52. The number of aromatic nitrogens is 2. The highest BCUT2D eigenvalue weighted by Gasteiger charge is 2.35. The zero-order chi connectivity index (χ0) is 29.8. The van der Waals surface area contributed by atoms with E-state index in [2.05, 4.69) is 111 Å². The smallest absolute Gasteiger partial charge is 0.139 e. The van der Waals surface area contributed by atoms with Gasteiger partial charge in [0.25, 0.3) is 0 Å². The Morgan fingerprint density at radius 3 is 1.91 bits per heavy atom. The van der Waals surface area contributed by atoms with E-state index in [9.17, 15) is 5.26 Å². The normalized spacial score (nSPS) is 13.1. The molecule has 0 saturated heterocycles. The Morgan fingerprint density at radius 1 is 0.591 bits per heavy atom. The standard InChI is InChI=1S/C40H27N3O/c1-40(2)32-13-3-4-15-36(32)44-39-31(12-7-14-33(39)40)28-9-6-11-30(23-28)35-21-19-27-17-16-26-18-20-34(42-37(26)38(27)43-35)29-10-5-8-25(22-29)24-41/h3-23H,1-2H3. The molecule has 4 heteroatoms. The second-order valence-corrected chi connectivity index (χ2v) is 11.8. The number of hydrogen-bond donors (Lipinski definition) is 0. The molecule has 1 aliphatic rings. The molecule has 44 heavy (non-hydrogen) atoms. The van der Waals surface area contributed by atoms with E-state index in [0.717, 1.165) is 66.9 Å². The lowest BCUT2D eigenvalue weighted by Crippen LogP contribution is -2.24. The van der Waals surface area contributed by atoms with Crippen LogP contribution < -0.4 is 4.74 Å². The van der Waals surface area contributed by atoms with E-state index in [1.807, 2.05) is 30.3 Å². The predicted molar refractivity (Wildman–Crippen MR) is 177 cm³/mol. The quantitative estimate of drug-likeness (QED) is 0.200. The minimum absolute atomic E-state index is 0.180. The Labute approximate surface area is 255 Å². The Balaban J connectivity index is 1.24. The molecule has 3 heterocycles. The minimum atomic E-state index is -0.180. The largest absolute Gasteiger partial charge is 0.456 e. The molecule has 0 bridgehead atoms. The molecule has 7 aromatic rings. The SMILES string of the molecule is CC1(C)c2ccccc2Oc2c(-c3cccc(-c4ccc5ccc6ccc(-c7cccc(C#N)c7)nc6c5n4)c3)cccc21. The van der Waals surface area contributed by atoms with Crippen LogP contribution >= 0.6 is 0 Å². The van der Waals surface area contributed by atoms with Gasteiger partial charge in [0.15, 0.2) is 0 Å². The highest BCUT2D eigenvalue weighted by molar-refractivity contribution is 6.04. The number of fused-ring (bicyclic) bond motifs is 5. The van der Waals surface area contributed by atoms with Crippen LogP contribution in [-0.2, 0) is 5.41 Å². The van der Waals surface area contributed by atoms with E-state index in [0.29, 0.717) is 5.56 Å². The fraction of sp³-hybridized carbons (Fsp3) is 0.0750. The van der Waals surface area contributed by atoms with Gasteiger partial charge in [-0.2, -0.15) is 5.26 Å². The number of hydrogen-bond acceptors (Lipinski definition) is 4. The van der Waals surface area contributed by atoms with Crippen LogP contribution in [0.5, 0.6) is 11.5 Å². The zero-order valence-corrected chi connectivity index (χ0v) is 24.4. The number of para-hydroxylation sites is 2. The molecule has 0 aliphatic carbocycles. The van der Waals surface area contributed by atoms with Gasteiger partial charge in [-0.25, -0.2) is 9.97 Å². The van der Waals surface area contributed by atoms with E-state index in [4.69, 9.17) is 14.7 Å². The van der Waals surface area contributed by atoms with Crippen molar-refractivity contribution in [2.45, 2.75) is 19.3 Å². The van der Waals surface area contributed by atoms with E-state index in [1.54, 1.807) is 6.07 Å². The first-order chi connectivity index (χ1) is 21.5. The van der Waals surface area contributed by atoms with Gasteiger partial charge in [0.2, 0.25) is 0 Å². The summed E-state index contributed by atoms with van der Waals surface area (Å²) in [4.78, 5) is 10.2. The molecule has 0 radical (unpaired) electrons. The van der Waals surface area contributed by atoms with Gasteiger partial charge in [-0.05, 0) is 42.0 Å². The zero-order valence-electron chi connectivity index (χ0n) is 24.4. The van der Waals surface area contributed by atoms with Gasteiger partial charge in [0, 0.05) is 44.0 Å². The van der Waals surface area contributed by atoms with Gasteiger partial charge in [-0.3, -0.25) is 0 Å². The van der Waals surface area contributed by atoms with Crippen molar-refractivity contribution in [1.82, 2.24) is 9.97 Å². The Hall–Kier alpha value is -5.79. The van der Waals surface area contributed by atoms with Crippen molar-refractivity contribution in [3.8, 4) is 51.2 Å². The van der Waals surface area contributed by atoms with Crippen LogP contribution in [-0.4, -0.2) is 9.97 Å². The summed E-state index contributed by atoms with van der Waals surface area (Å²) in [5.74, 6) is 1.81. The summed E-state index contributed by atoms with van der Waals surface area (Å²) >= 11 is 0. The number of pyridine rings is 2. The van der Waals surface area contributed by atoms with Crippen molar-refractivity contribution >= 4 is 21.8 Å². The van der Waals surface area contributed by atoms with Crippen LogP contribution in [0.2, 0.25) is 0 Å². The monoisotopic (exact) mass is 565 g/mol. The third-order valence-electron chi connectivity index (χ3n) is 8.74. The third-order valence-corrected chi connectivity index (χ3v) is 8.74. The van der Waals surface area contributed by atoms with Crippen molar-refractivity contribution in [2.24, 2.45) is 0 Å². The number of rotatable bonds is 3. The second-order valence-electron chi connectivity index (χ2n) is 11.8. The number of ether oxygens (including phenoxy) is 1. The lowest BCUT2D eigenvalue weighted by molar-refractivity contribution is 0.419. The van der Waals surface area contributed by atoms with Gasteiger partial charge < -0.3 is 4.74 Å². The first-order valence-electron chi connectivity index (χ1n) is 14.7. The summed E-state index contributed by atoms with van der Waals surface area (Å²) in [5, 5.41) is 11.4. The predicted octanol–water partition coefficient (Wildman–Crippen LogP) is 10.1. The molecule has 1 aliphatic heterocycles. The lowest BCUT2D eigenvalue weighted by Gasteiger charge is -2.35. The molecule has 0 amide bonds. The molecular weight excluding hydrogens is 538 g/mol. The van der Waals surface area contributed by atoms with Crippen LogP contribution in [0, 0.1) is 11.3 Å². The first-order valence-corrected chi connectivity index (χ1v) is 14.7. The van der Waals surface area contributed by atoms with Crippen molar-refractivity contribution in [3.05, 3.63) is 144 Å². The Kier molecular flexibility index (Phi) is 5.82. The van der Waals surface area contributed by atoms with E-state index in [1.165, 1.54) is 11.1 Å². The number of nitrogens with zero attached hydrogens (tertiary/aromatic N) is 3. The molecule has 208 valence electrons. The second kappa shape index (κ2) is 9.90. The number of benzene rings is 5. The molecule has 4 nitrogen and oxygen atoms in total. The lowest BCUT2D eigenvalue weighted by atomic mass is 9.75. The molecule has 0 unspecified atom stereocenters. The molecule has 0 atom stereocenters. The van der Waals surface area contributed by atoms with E-state index < -0.39 is 0 Å². The molecule has 0 fully saturated rings. The van der Waals surface area contributed by atoms with Gasteiger partial charge in [-0.15, -0.1) is 0 Å². The minimum Gasteiger partial charge on any atom is -0.456 e. The Morgan fingerprint density at radius 2 is 1.18 bits per heavy atom. The maximum atomic E-state index is 9.39. The highest BCUT2D eigenvalue weighted by atomic mass is 16.5. The molecule has 0 spiro atoms. The van der Waals surface area contributed by atoms with E-state index in [-0.39, 0.29) is 5.41 Å². The average Bonchev–Trinajstić information content (AvgIpc) is 3.07. The van der Waals surface area contributed by atoms with Crippen molar-refractivity contribution in [2.75, 3.05) is 0 Å². The first kappa shape index (κ1) is 25.9. The number of nitriles is 1. The fourth-order valence-electron chi connectivity index (χ4n) is 6.38. The highest BCUT2D eigenvalue weighted by Crippen LogP contribution is 2.51. The van der Waals surface area contributed by atoms with Crippen LogP contribution in [0.3, 0.4) is 0 Å². The van der Waals surface area contributed by atoms with Gasteiger partial charge in [0.1, 0.15) is 11.5 Å². The molecular formula is C40H27N3O. The molecule has 2 aromatic heterocycles. The van der Waals surface area contributed by atoms with Gasteiger partial charge in [0.05, 0.1) is 34.1 Å². The van der Waals surface area contributed by atoms with Gasteiger partial charge in [-0.1, -0.05) is 105 Å². The van der Waals surface area contributed by atoms with Crippen molar-refractivity contribution in [1.29, 1.82) is 5.26 Å². The summed E-state index contributed by atoms with van der Waals surface area (Å²) in [7, 11) is 0. The maximum Gasteiger partial charge on any atom is 0.139 e. The molecule has 5 aromatic carbocycles. The summed E-state index contributed by atoms with van der Waals surface area (Å²) in [6, 6.07) is 45.5. The topological polar surface area (TPSA) is 58.8 Å². The third kappa shape index (κ3) is 4.13. The van der Waals surface area contributed by atoms with Crippen molar-refractivity contribution in [3.63, 3.8) is 0 Å². The molecule has 8 rings (SSSR count). The van der Waals surface area contributed by atoms with Crippen LogP contribution in [0.4, 0.5) is 0 Å².